The van der Waals surface area contributed by atoms with Crippen LogP contribution in [0.2, 0.25) is 5.02 Å². The van der Waals surface area contributed by atoms with Crippen LogP contribution in [0.5, 0.6) is 0 Å². The van der Waals surface area contributed by atoms with E-state index in [-0.39, 0.29) is 12.6 Å². The number of hydrogen-bond donors (Lipinski definition) is 1. The van der Waals surface area contributed by atoms with Crippen LogP contribution in [0, 0.1) is 6.92 Å². The number of likely N-dealkylation sites (tertiary alicyclic amines) is 1. The molecule has 0 bridgehead atoms. The molecular weight excluding hydrogens is 226 g/mol. The fourth-order valence-electron chi connectivity index (χ4n) is 2.35. The second-order valence-electron chi connectivity index (χ2n) is 4.42. The van der Waals surface area contributed by atoms with Crippen LogP contribution in [0.15, 0.2) is 0 Å². The third-order valence-corrected chi connectivity index (χ3v) is 3.82. The van der Waals surface area contributed by atoms with Crippen molar-refractivity contribution in [2.24, 2.45) is 7.05 Å². The minimum atomic E-state index is 0.231. The number of hydrogen-bond acceptors (Lipinski definition) is 3. The average Bonchev–Trinajstić information content (AvgIpc) is 2.79. The van der Waals surface area contributed by atoms with E-state index >= 15 is 0 Å². The fourth-order valence-corrected chi connectivity index (χ4v) is 2.57. The Labute approximate surface area is 101 Å². The quantitative estimate of drug-likeness (QED) is 0.871. The maximum absolute atomic E-state index is 9.26. The zero-order chi connectivity index (χ0) is 11.7. The number of rotatable bonds is 3. The van der Waals surface area contributed by atoms with Crippen LogP contribution in [0.3, 0.4) is 0 Å². The molecule has 4 nitrogen and oxygen atoms in total. The van der Waals surface area contributed by atoms with Gasteiger partial charge in [0.25, 0.3) is 0 Å². The van der Waals surface area contributed by atoms with E-state index in [0.29, 0.717) is 0 Å². The van der Waals surface area contributed by atoms with E-state index in [1.165, 1.54) is 0 Å². The maximum atomic E-state index is 9.26. The Bertz CT molecular complexity index is 378. The molecule has 1 aliphatic rings. The van der Waals surface area contributed by atoms with Crippen LogP contribution in [0.25, 0.3) is 0 Å². The second kappa shape index (κ2) is 4.73. The number of halogens is 1. The van der Waals surface area contributed by atoms with Gasteiger partial charge < -0.3 is 5.11 Å². The van der Waals surface area contributed by atoms with E-state index in [2.05, 4.69) is 10.00 Å². The van der Waals surface area contributed by atoms with Crippen molar-refractivity contribution in [2.45, 2.75) is 32.4 Å². The van der Waals surface area contributed by atoms with Gasteiger partial charge in [-0.05, 0) is 26.3 Å². The molecule has 1 fully saturated rings. The van der Waals surface area contributed by atoms with Crippen LogP contribution in [0.1, 0.15) is 24.2 Å². The number of nitrogens with zero attached hydrogens (tertiary/aromatic N) is 3. The first kappa shape index (κ1) is 11.9. The standard InChI is InChI=1S/C11H18ClN3O/c1-8-11(12)10(14(2)13-8)6-15-5-3-4-9(15)7-16/h9,16H,3-7H2,1-2H3/t9-/m1/s1. The summed E-state index contributed by atoms with van der Waals surface area (Å²) in [6.07, 6.45) is 2.23. The van der Waals surface area contributed by atoms with Crippen LogP contribution in [0.4, 0.5) is 0 Å². The summed E-state index contributed by atoms with van der Waals surface area (Å²) in [4.78, 5) is 2.28. The van der Waals surface area contributed by atoms with E-state index in [0.717, 1.165) is 42.3 Å². The molecule has 0 radical (unpaired) electrons. The molecule has 2 rings (SSSR count). The van der Waals surface area contributed by atoms with Crippen molar-refractivity contribution in [3.05, 3.63) is 16.4 Å². The summed E-state index contributed by atoms with van der Waals surface area (Å²) in [6, 6.07) is 0.284. The Morgan fingerprint density at radius 1 is 1.56 bits per heavy atom. The summed E-state index contributed by atoms with van der Waals surface area (Å²) in [7, 11) is 1.91. The first-order valence-electron chi connectivity index (χ1n) is 5.66. The Morgan fingerprint density at radius 2 is 2.31 bits per heavy atom. The summed E-state index contributed by atoms with van der Waals surface area (Å²) >= 11 is 6.21. The van der Waals surface area contributed by atoms with Crippen LogP contribution in [-0.4, -0.2) is 39.0 Å². The molecule has 16 heavy (non-hydrogen) atoms. The molecular formula is C11H18ClN3O. The molecule has 0 aromatic carbocycles. The van der Waals surface area contributed by atoms with Gasteiger partial charge >= 0.3 is 0 Å². The van der Waals surface area contributed by atoms with Crippen molar-refractivity contribution >= 4 is 11.6 Å². The summed E-state index contributed by atoms with van der Waals surface area (Å²) < 4.78 is 1.84. The molecule has 90 valence electrons. The Morgan fingerprint density at radius 3 is 2.88 bits per heavy atom. The molecule has 0 saturated carbocycles. The first-order valence-corrected chi connectivity index (χ1v) is 6.04. The largest absolute Gasteiger partial charge is 0.395 e. The van der Waals surface area contributed by atoms with Crippen LogP contribution < -0.4 is 0 Å². The highest BCUT2D eigenvalue weighted by Crippen LogP contribution is 2.25. The van der Waals surface area contributed by atoms with Gasteiger partial charge in [-0.3, -0.25) is 9.58 Å². The normalized spacial score (nSPS) is 21.9. The zero-order valence-corrected chi connectivity index (χ0v) is 10.5. The lowest BCUT2D eigenvalue weighted by Crippen LogP contribution is -2.32. The third kappa shape index (κ3) is 2.10. The van der Waals surface area contributed by atoms with Crippen molar-refractivity contribution in [2.75, 3.05) is 13.2 Å². The van der Waals surface area contributed by atoms with Gasteiger partial charge in [-0.25, -0.2) is 0 Å². The van der Waals surface area contributed by atoms with E-state index in [4.69, 9.17) is 11.6 Å². The molecule has 1 aliphatic heterocycles. The summed E-state index contributed by atoms with van der Waals surface area (Å²) in [6.45, 7) is 3.96. The molecule has 0 spiro atoms. The molecule has 5 heteroatoms. The minimum absolute atomic E-state index is 0.231. The fraction of sp³-hybridized carbons (Fsp3) is 0.727. The Kier molecular flexibility index (Phi) is 3.52. The summed E-state index contributed by atoms with van der Waals surface area (Å²) in [5.41, 5.74) is 1.92. The number of aromatic nitrogens is 2. The number of aryl methyl sites for hydroxylation is 2. The molecule has 1 aromatic rings. The molecule has 1 atom stereocenters. The third-order valence-electron chi connectivity index (χ3n) is 3.32. The number of aliphatic hydroxyl groups excluding tert-OH is 1. The lowest BCUT2D eigenvalue weighted by molar-refractivity contribution is 0.151. The highest BCUT2D eigenvalue weighted by Gasteiger charge is 2.25. The van der Waals surface area contributed by atoms with Crippen molar-refractivity contribution in [3.8, 4) is 0 Å². The molecule has 1 N–H and O–H groups in total. The molecule has 0 aliphatic carbocycles. The molecule has 0 unspecified atom stereocenters. The van der Waals surface area contributed by atoms with Gasteiger partial charge in [-0.1, -0.05) is 11.6 Å². The predicted octanol–water partition coefficient (Wildman–Crippen LogP) is 1.34. The van der Waals surface area contributed by atoms with Gasteiger partial charge in [-0.2, -0.15) is 5.10 Å². The number of aliphatic hydroxyl groups is 1. The van der Waals surface area contributed by atoms with E-state index < -0.39 is 0 Å². The van der Waals surface area contributed by atoms with Crippen molar-refractivity contribution in [3.63, 3.8) is 0 Å². The van der Waals surface area contributed by atoms with E-state index in [1.54, 1.807) is 0 Å². The minimum Gasteiger partial charge on any atom is -0.395 e. The van der Waals surface area contributed by atoms with Gasteiger partial charge in [0.15, 0.2) is 0 Å². The van der Waals surface area contributed by atoms with Gasteiger partial charge in [0.2, 0.25) is 0 Å². The second-order valence-corrected chi connectivity index (χ2v) is 4.80. The smallest absolute Gasteiger partial charge is 0.0860 e. The van der Waals surface area contributed by atoms with Crippen molar-refractivity contribution in [1.82, 2.24) is 14.7 Å². The lowest BCUT2D eigenvalue weighted by atomic mass is 10.2. The van der Waals surface area contributed by atoms with Gasteiger partial charge in [-0.15, -0.1) is 0 Å². The van der Waals surface area contributed by atoms with Crippen LogP contribution in [-0.2, 0) is 13.6 Å². The van der Waals surface area contributed by atoms with Crippen molar-refractivity contribution < 1.29 is 5.11 Å². The van der Waals surface area contributed by atoms with Gasteiger partial charge in [0.1, 0.15) is 0 Å². The predicted molar refractivity (Wildman–Crippen MR) is 63.5 cm³/mol. The molecule has 1 saturated heterocycles. The van der Waals surface area contributed by atoms with Crippen molar-refractivity contribution in [1.29, 1.82) is 0 Å². The highest BCUT2D eigenvalue weighted by atomic mass is 35.5. The summed E-state index contributed by atoms with van der Waals surface area (Å²) in [5.74, 6) is 0. The van der Waals surface area contributed by atoms with E-state index in [9.17, 15) is 5.11 Å². The molecule has 2 heterocycles. The first-order chi connectivity index (χ1) is 7.63. The zero-order valence-electron chi connectivity index (χ0n) is 9.78. The van der Waals surface area contributed by atoms with Crippen LogP contribution >= 0.6 is 11.6 Å². The average molecular weight is 244 g/mol. The Balaban J connectivity index is 2.14. The van der Waals surface area contributed by atoms with Gasteiger partial charge in [0, 0.05) is 19.6 Å². The molecule has 0 amide bonds. The maximum Gasteiger partial charge on any atom is 0.0860 e. The summed E-state index contributed by atoms with van der Waals surface area (Å²) in [5, 5.41) is 14.3. The monoisotopic (exact) mass is 243 g/mol. The lowest BCUT2D eigenvalue weighted by Gasteiger charge is -2.22. The highest BCUT2D eigenvalue weighted by molar-refractivity contribution is 6.31. The Hall–Kier alpha value is -0.580. The topological polar surface area (TPSA) is 41.3 Å². The van der Waals surface area contributed by atoms with E-state index in [1.807, 2.05) is 18.7 Å². The SMILES string of the molecule is Cc1nn(C)c(CN2CCC[C@@H]2CO)c1Cl. The van der Waals surface area contributed by atoms with Gasteiger partial charge in [0.05, 0.1) is 23.0 Å². The molecule has 1 aromatic heterocycles.